The topological polar surface area (TPSA) is 32.8 Å². The van der Waals surface area contributed by atoms with Crippen LogP contribution >= 0.6 is 0 Å². The summed E-state index contributed by atoms with van der Waals surface area (Å²) in [6, 6.07) is 0.121. The molecule has 1 amide bonds. The van der Waals surface area contributed by atoms with Crippen molar-refractivity contribution in [2.24, 2.45) is 5.41 Å². The van der Waals surface area contributed by atoms with Crippen LogP contribution in [0.25, 0.3) is 0 Å². The molecule has 1 saturated carbocycles. The van der Waals surface area contributed by atoms with Gasteiger partial charge in [0, 0.05) is 25.7 Å². The van der Waals surface area contributed by atoms with E-state index in [2.05, 4.69) is 18.7 Å². The van der Waals surface area contributed by atoms with Crippen molar-refractivity contribution >= 4 is 6.09 Å². The molecule has 4 nitrogen and oxygen atoms in total. The maximum atomic E-state index is 14.9. The van der Waals surface area contributed by atoms with Crippen LogP contribution in [0.15, 0.2) is 0 Å². The van der Waals surface area contributed by atoms with E-state index in [0.717, 1.165) is 6.54 Å². The summed E-state index contributed by atoms with van der Waals surface area (Å²) >= 11 is 0. The first-order valence-corrected chi connectivity index (χ1v) is 7.03. The molecule has 0 radical (unpaired) electrons. The Kier molecular flexibility index (Phi) is 2.37. The van der Waals surface area contributed by atoms with Gasteiger partial charge in [0.1, 0.15) is 5.60 Å². The highest BCUT2D eigenvalue weighted by Gasteiger charge is 2.91. The Morgan fingerprint density at radius 2 is 1.95 bits per heavy atom. The third kappa shape index (κ3) is 1.57. The summed E-state index contributed by atoms with van der Waals surface area (Å²) < 4.78 is 20.2. The lowest BCUT2D eigenvalue weighted by atomic mass is 9.98. The summed E-state index contributed by atoms with van der Waals surface area (Å²) in [6.07, 6.45) is -0.370. The summed E-state index contributed by atoms with van der Waals surface area (Å²) in [6.45, 7) is 11.4. The maximum Gasteiger partial charge on any atom is 0.410 e. The number of ether oxygens (including phenoxy) is 1. The van der Waals surface area contributed by atoms with Crippen molar-refractivity contribution in [1.29, 1.82) is 0 Å². The standard InChI is InChI=1S/C14H23FN2O2/c1-9(2)16-6-13-7-17(10(13)14(13,15)8-16)11(18)19-12(3,4)5/h9-10H,6-8H2,1-5H3. The van der Waals surface area contributed by atoms with Gasteiger partial charge in [-0.15, -0.1) is 0 Å². The monoisotopic (exact) mass is 270 g/mol. The fourth-order valence-electron chi connectivity index (χ4n) is 3.73. The molecule has 3 aliphatic rings. The van der Waals surface area contributed by atoms with Gasteiger partial charge in [-0.05, 0) is 34.6 Å². The number of hydrogen-bond acceptors (Lipinski definition) is 3. The summed E-state index contributed by atoms with van der Waals surface area (Å²) in [7, 11) is 0. The molecule has 0 N–H and O–H groups in total. The summed E-state index contributed by atoms with van der Waals surface area (Å²) in [4.78, 5) is 15.7. The summed E-state index contributed by atoms with van der Waals surface area (Å²) in [5.74, 6) is 0. The highest BCUT2D eigenvalue weighted by atomic mass is 19.1. The molecule has 2 heterocycles. The van der Waals surface area contributed by atoms with Crippen molar-refractivity contribution in [2.75, 3.05) is 19.6 Å². The van der Waals surface area contributed by atoms with E-state index < -0.39 is 11.3 Å². The minimum absolute atomic E-state index is 0.246. The fraction of sp³-hybridized carbons (Fsp3) is 0.929. The third-order valence-corrected chi connectivity index (χ3v) is 4.74. The van der Waals surface area contributed by atoms with Gasteiger partial charge in [0.05, 0.1) is 11.5 Å². The molecule has 0 aromatic heterocycles. The van der Waals surface area contributed by atoms with Gasteiger partial charge in [-0.2, -0.15) is 0 Å². The molecule has 108 valence electrons. The second kappa shape index (κ2) is 3.43. The van der Waals surface area contributed by atoms with E-state index in [1.807, 2.05) is 20.8 Å². The zero-order valence-corrected chi connectivity index (χ0v) is 12.4. The number of carbonyl (C=O) groups excluding carboxylic acids is 1. The lowest BCUT2D eigenvalue weighted by molar-refractivity contribution is -0.00903. The van der Waals surface area contributed by atoms with E-state index in [1.54, 1.807) is 4.90 Å². The molecule has 5 heteroatoms. The van der Waals surface area contributed by atoms with Gasteiger partial charge >= 0.3 is 6.09 Å². The van der Waals surface area contributed by atoms with Crippen molar-refractivity contribution in [3.63, 3.8) is 0 Å². The smallest absolute Gasteiger partial charge is 0.410 e. The molecule has 3 fully saturated rings. The number of carbonyl (C=O) groups is 1. The molecular weight excluding hydrogens is 247 g/mol. The van der Waals surface area contributed by atoms with Crippen LogP contribution in [0.1, 0.15) is 34.6 Å². The van der Waals surface area contributed by atoms with Crippen molar-refractivity contribution in [3.8, 4) is 0 Å². The first-order valence-electron chi connectivity index (χ1n) is 7.03. The average Bonchev–Trinajstić information content (AvgIpc) is 2.47. The second-order valence-electron chi connectivity index (χ2n) is 7.53. The summed E-state index contributed by atoms with van der Waals surface area (Å²) in [5, 5.41) is 0. The van der Waals surface area contributed by atoms with E-state index in [9.17, 15) is 9.18 Å². The zero-order valence-electron chi connectivity index (χ0n) is 12.4. The Labute approximate surface area is 113 Å². The normalized spacial score (nSPS) is 40.8. The molecule has 0 bridgehead atoms. The van der Waals surface area contributed by atoms with Crippen LogP contribution in [-0.2, 0) is 4.74 Å². The Balaban J connectivity index is 1.65. The molecule has 3 atom stereocenters. The van der Waals surface area contributed by atoms with Crippen LogP contribution in [0.4, 0.5) is 9.18 Å². The quantitative estimate of drug-likeness (QED) is 0.731. The Hall–Kier alpha value is -0.840. The Morgan fingerprint density at radius 3 is 2.42 bits per heavy atom. The second-order valence-corrected chi connectivity index (χ2v) is 7.53. The number of fused-ring (bicyclic) bond motifs is 1. The average molecular weight is 270 g/mol. The van der Waals surface area contributed by atoms with Crippen LogP contribution in [0.5, 0.6) is 0 Å². The highest BCUT2D eigenvalue weighted by molar-refractivity contribution is 5.73. The van der Waals surface area contributed by atoms with Crippen LogP contribution in [0, 0.1) is 5.41 Å². The van der Waals surface area contributed by atoms with E-state index in [0.29, 0.717) is 19.1 Å². The summed E-state index contributed by atoms with van der Waals surface area (Å²) in [5.41, 5.74) is -2.01. The van der Waals surface area contributed by atoms with Crippen LogP contribution in [0.2, 0.25) is 0 Å². The van der Waals surface area contributed by atoms with Gasteiger partial charge < -0.3 is 9.64 Å². The first kappa shape index (κ1) is 13.2. The number of halogens is 1. The molecule has 2 aliphatic heterocycles. The van der Waals surface area contributed by atoms with Gasteiger partial charge in [-0.25, -0.2) is 9.18 Å². The van der Waals surface area contributed by atoms with Crippen molar-refractivity contribution in [3.05, 3.63) is 0 Å². The minimum Gasteiger partial charge on any atom is -0.444 e. The first-order chi connectivity index (χ1) is 8.61. The van der Waals surface area contributed by atoms with Crippen LogP contribution < -0.4 is 0 Å². The van der Waals surface area contributed by atoms with Gasteiger partial charge in [0.2, 0.25) is 0 Å². The zero-order chi connectivity index (χ0) is 14.2. The number of hydrogen-bond donors (Lipinski definition) is 0. The predicted molar refractivity (Wildman–Crippen MR) is 69.7 cm³/mol. The highest BCUT2D eigenvalue weighted by Crippen LogP contribution is 2.72. The number of amides is 1. The predicted octanol–water partition coefficient (Wildman–Crippen LogP) is 2.04. The van der Waals surface area contributed by atoms with E-state index in [4.69, 9.17) is 4.74 Å². The molecule has 1 aliphatic carbocycles. The van der Waals surface area contributed by atoms with Crippen LogP contribution in [-0.4, -0.2) is 58.9 Å². The van der Waals surface area contributed by atoms with Gasteiger partial charge in [-0.1, -0.05) is 0 Å². The fourth-order valence-corrected chi connectivity index (χ4v) is 3.73. The number of piperidine rings is 1. The minimum atomic E-state index is -1.20. The SMILES string of the molecule is CC(C)N1CC2(F)C3N(C(=O)OC(C)(C)C)CC32C1. The van der Waals surface area contributed by atoms with E-state index in [-0.39, 0.29) is 17.6 Å². The largest absolute Gasteiger partial charge is 0.444 e. The number of likely N-dealkylation sites (tertiary alicyclic amines) is 2. The van der Waals surface area contributed by atoms with Crippen LogP contribution in [0.3, 0.4) is 0 Å². The number of rotatable bonds is 1. The van der Waals surface area contributed by atoms with E-state index in [1.165, 1.54) is 0 Å². The molecule has 2 saturated heterocycles. The molecule has 3 rings (SSSR count). The lowest BCUT2D eigenvalue weighted by Gasteiger charge is -2.40. The molecule has 1 spiro atoms. The van der Waals surface area contributed by atoms with Crippen molar-refractivity contribution in [2.45, 2.75) is 58.0 Å². The van der Waals surface area contributed by atoms with Crippen molar-refractivity contribution < 1.29 is 13.9 Å². The third-order valence-electron chi connectivity index (χ3n) is 4.74. The molecule has 0 aromatic rings. The number of alkyl halides is 1. The molecule has 3 unspecified atom stereocenters. The lowest BCUT2D eigenvalue weighted by Crippen LogP contribution is -2.55. The molecule has 19 heavy (non-hydrogen) atoms. The molecular formula is C14H23FN2O2. The van der Waals surface area contributed by atoms with E-state index >= 15 is 0 Å². The van der Waals surface area contributed by atoms with Gasteiger partial charge in [-0.3, -0.25) is 4.90 Å². The van der Waals surface area contributed by atoms with Gasteiger partial charge in [0.15, 0.2) is 5.67 Å². The number of nitrogens with zero attached hydrogens (tertiary/aromatic N) is 2. The van der Waals surface area contributed by atoms with Crippen molar-refractivity contribution in [1.82, 2.24) is 9.80 Å². The van der Waals surface area contributed by atoms with Gasteiger partial charge in [0.25, 0.3) is 0 Å². The maximum absolute atomic E-state index is 14.9. The molecule has 0 aromatic carbocycles. The Bertz CT molecular complexity index is 422. The Morgan fingerprint density at radius 1 is 1.32 bits per heavy atom.